The molecule has 0 aliphatic rings. The van der Waals surface area contributed by atoms with Gasteiger partial charge < -0.3 is 14.8 Å². The Morgan fingerprint density at radius 2 is 1.70 bits per heavy atom. The zero-order valence-electron chi connectivity index (χ0n) is 13.3. The number of carbonyl (C=O) groups excluding carboxylic acids is 1. The van der Waals surface area contributed by atoms with E-state index in [-0.39, 0.29) is 22.2 Å². The molecule has 0 bridgehead atoms. The van der Waals surface area contributed by atoms with Crippen LogP contribution in [0, 0.1) is 0 Å². The highest BCUT2D eigenvalue weighted by Gasteiger charge is 2.30. The van der Waals surface area contributed by atoms with Crippen LogP contribution in [-0.2, 0) is 6.18 Å². The van der Waals surface area contributed by atoms with Crippen molar-refractivity contribution in [3.8, 4) is 0 Å². The average Bonchev–Trinajstić information content (AvgIpc) is 2.61. The molecule has 2 aromatic carbocycles. The van der Waals surface area contributed by atoms with Crippen LogP contribution in [0.3, 0.4) is 0 Å². The lowest BCUT2D eigenvalue weighted by Gasteiger charge is -2.10. The summed E-state index contributed by atoms with van der Waals surface area (Å²) in [7, 11) is 0. The van der Waals surface area contributed by atoms with Crippen molar-refractivity contribution in [2.75, 3.05) is 5.32 Å². The molecule has 3 rings (SSSR count). The number of carboxylic acid groups (broad SMARTS) is 1. The average molecular weight is 377 g/mol. The molecule has 0 aliphatic carbocycles. The largest absolute Gasteiger partial charge is 0.475 e. The lowest BCUT2D eigenvalue weighted by molar-refractivity contribution is -0.137. The quantitative estimate of drug-likeness (QED) is 0.724. The lowest BCUT2D eigenvalue weighted by atomic mass is 10.1. The molecule has 0 saturated carbocycles. The van der Waals surface area contributed by atoms with Gasteiger partial charge in [-0.1, -0.05) is 6.07 Å². The smallest absolute Gasteiger partial charge is 0.416 e. The van der Waals surface area contributed by atoms with Crippen LogP contribution in [0.25, 0.3) is 11.0 Å². The number of anilines is 1. The van der Waals surface area contributed by atoms with E-state index in [4.69, 9.17) is 9.52 Å². The Balaban J connectivity index is 1.97. The van der Waals surface area contributed by atoms with E-state index >= 15 is 0 Å². The van der Waals surface area contributed by atoms with E-state index in [1.807, 2.05) is 0 Å². The topological polar surface area (TPSA) is 96.6 Å². The zero-order chi connectivity index (χ0) is 19.8. The third kappa shape index (κ3) is 3.66. The van der Waals surface area contributed by atoms with Gasteiger partial charge in [-0.15, -0.1) is 0 Å². The van der Waals surface area contributed by atoms with Gasteiger partial charge in [-0.2, -0.15) is 13.2 Å². The zero-order valence-corrected chi connectivity index (χ0v) is 13.3. The van der Waals surface area contributed by atoms with Gasteiger partial charge in [-0.25, -0.2) is 4.79 Å². The van der Waals surface area contributed by atoms with Crippen molar-refractivity contribution in [2.24, 2.45) is 0 Å². The van der Waals surface area contributed by atoms with E-state index in [1.165, 1.54) is 18.2 Å². The molecule has 0 radical (unpaired) electrons. The number of nitrogens with one attached hydrogen (secondary N) is 1. The molecule has 0 atom stereocenters. The maximum absolute atomic E-state index is 12.6. The SMILES string of the molecule is O=C(Nc1cccc2c(=O)cc(C(=O)O)oc12)c1ccc(C(F)(F)F)cc1. The van der Waals surface area contributed by atoms with Gasteiger partial charge in [0.1, 0.15) is 0 Å². The fourth-order valence-corrected chi connectivity index (χ4v) is 2.39. The highest BCUT2D eigenvalue weighted by molar-refractivity contribution is 6.08. The molecule has 0 unspecified atom stereocenters. The van der Waals surface area contributed by atoms with Crippen molar-refractivity contribution in [3.63, 3.8) is 0 Å². The second kappa shape index (κ2) is 6.60. The van der Waals surface area contributed by atoms with E-state index < -0.39 is 34.8 Å². The fraction of sp³-hybridized carbons (Fsp3) is 0.0556. The molecule has 6 nitrogen and oxygen atoms in total. The maximum Gasteiger partial charge on any atom is 0.416 e. The second-order valence-electron chi connectivity index (χ2n) is 5.49. The fourth-order valence-electron chi connectivity index (χ4n) is 2.39. The number of fused-ring (bicyclic) bond motifs is 1. The Labute approximate surface area is 148 Å². The summed E-state index contributed by atoms with van der Waals surface area (Å²) in [5.41, 5.74) is -1.71. The first kappa shape index (κ1) is 18.2. The molecule has 1 amide bonds. The molecule has 27 heavy (non-hydrogen) atoms. The molecule has 2 N–H and O–H groups in total. The highest BCUT2D eigenvalue weighted by atomic mass is 19.4. The summed E-state index contributed by atoms with van der Waals surface area (Å²) in [4.78, 5) is 35.3. The van der Waals surface area contributed by atoms with Crippen molar-refractivity contribution in [1.29, 1.82) is 0 Å². The summed E-state index contributed by atoms with van der Waals surface area (Å²) < 4.78 is 42.9. The molecule has 0 fully saturated rings. The minimum Gasteiger partial charge on any atom is -0.475 e. The van der Waals surface area contributed by atoms with Crippen LogP contribution in [0.1, 0.15) is 26.5 Å². The number of hydrogen-bond donors (Lipinski definition) is 2. The van der Waals surface area contributed by atoms with E-state index in [2.05, 4.69) is 5.32 Å². The first-order chi connectivity index (χ1) is 12.7. The molecule has 138 valence electrons. The van der Waals surface area contributed by atoms with Gasteiger partial charge in [-0.05, 0) is 36.4 Å². The second-order valence-corrected chi connectivity index (χ2v) is 5.49. The number of para-hydroxylation sites is 1. The van der Waals surface area contributed by atoms with Crippen LogP contribution in [0.2, 0.25) is 0 Å². The number of aromatic carboxylic acids is 1. The first-order valence-corrected chi connectivity index (χ1v) is 7.45. The van der Waals surface area contributed by atoms with Crippen LogP contribution >= 0.6 is 0 Å². The van der Waals surface area contributed by atoms with Crippen molar-refractivity contribution in [3.05, 3.63) is 75.6 Å². The number of alkyl halides is 3. The number of benzene rings is 2. The van der Waals surface area contributed by atoms with Gasteiger partial charge in [0, 0.05) is 11.6 Å². The summed E-state index contributed by atoms with van der Waals surface area (Å²) in [6.07, 6.45) is -4.53. The van der Waals surface area contributed by atoms with Gasteiger partial charge in [-0.3, -0.25) is 9.59 Å². The summed E-state index contributed by atoms with van der Waals surface area (Å²) >= 11 is 0. The Morgan fingerprint density at radius 1 is 1.04 bits per heavy atom. The van der Waals surface area contributed by atoms with E-state index in [0.717, 1.165) is 30.3 Å². The van der Waals surface area contributed by atoms with E-state index in [9.17, 15) is 27.6 Å². The van der Waals surface area contributed by atoms with Gasteiger partial charge in [0.05, 0.1) is 16.6 Å². The summed E-state index contributed by atoms with van der Waals surface area (Å²) in [6.45, 7) is 0. The minimum atomic E-state index is -4.53. The third-order valence-electron chi connectivity index (χ3n) is 3.69. The molecule has 3 aromatic rings. The summed E-state index contributed by atoms with van der Waals surface area (Å²) in [6, 6.07) is 8.55. The predicted octanol–water partition coefficient (Wildman–Crippen LogP) is 3.76. The minimum absolute atomic E-state index is 0.0117. The molecule has 1 aromatic heterocycles. The number of hydrogen-bond acceptors (Lipinski definition) is 4. The number of carbonyl (C=O) groups is 2. The molecule has 0 spiro atoms. The summed E-state index contributed by atoms with van der Waals surface area (Å²) in [5.74, 6) is -2.82. The van der Waals surface area contributed by atoms with Crippen molar-refractivity contribution < 1.29 is 32.3 Å². The molecular weight excluding hydrogens is 367 g/mol. The molecule has 1 heterocycles. The predicted molar refractivity (Wildman–Crippen MR) is 88.8 cm³/mol. The number of halogens is 3. The van der Waals surface area contributed by atoms with E-state index in [1.54, 1.807) is 0 Å². The van der Waals surface area contributed by atoms with Crippen LogP contribution < -0.4 is 10.7 Å². The third-order valence-corrected chi connectivity index (χ3v) is 3.69. The standard InChI is InChI=1S/C18H10F3NO5/c19-18(20,21)10-6-4-9(5-7-10)16(24)22-12-3-1-2-11-13(23)8-14(17(25)26)27-15(11)12/h1-8H,(H,22,24)(H,25,26). The van der Waals surface area contributed by atoms with Crippen LogP contribution in [0.5, 0.6) is 0 Å². The van der Waals surface area contributed by atoms with Gasteiger partial charge in [0.15, 0.2) is 11.0 Å². The van der Waals surface area contributed by atoms with Gasteiger partial charge >= 0.3 is 12.1 Å². The van der Waals surface area contributed by atoms with Crippen molar-refractivity contribution in [2.45, 2.75) is 6.18 Å². The van der Waals surface area contributed by atoms with Crippen molar-refractivity contribution >= 4 is 28.5 Å². The lowest BCUT2D eigenvalue weighted by Crippen LogP contribution is -2.14. The Bertz CT molecular complexity index is 1100. The maximum atomic E-state index is 12.6. The molecule has 0 aliphatic heterocycles. The number of carboxylic acids is 1. The van der Waals surface area contributed by atoms with Crippen LogP contribution in [-0.4, -0.2) is 17.0 Å². The Kier molecular flexibility index (Phi) is 4.44. The highest BCUT2D eigenvalue weighted by Crippen LogP contribution is 2.29. The molecule has 9 heteroatoms. The van der Waals surface area contributed by atoms with Crippen molar-refractivity contribution in [1.82, 2.24) is 0 Å². The number of rotatable bonds is 3. The Morgan fingerprint density at radius 3 is 2.30 bits per heavy atom. The van der Waals surface area contributed by atoms with Gasteiger partial charge in [0.25, 0.3) is 5.91 Å². The van der Waals surface area contributed by atoms with E-state index in [0.29, 0.717) is 0 Å². The molecule has 0 saturated heterocycles. The van der Waals surface area contributed by atoms with Gasteiger partial charge in [0.2, 0.25) is 5.76 Å². The Hall–Kier alpha value is -3.62. The molecular formula is C18H10F3NO5. The van der Waals surface area contributed by atoms with Crippen LogP contribution in [0.15, 0.2) is 57.7 Å². The number of amides is 1. The van der Waals surface area contributed by atoms with Crippen LogP contribution in [0.4, 0.5) is 18.9 Å². The monoisotopic (exact) mass is 377 g/mol. The first-order valence-electron chi connectivity index (χ1n) is 7.45. The summed E-state index contributed by atoms with van der Waals surface area (Å²) in [5, 5.41) is 11.5. The normalized spacial score (nSPS) is 11.4.